The van der Waals surface area contributed by atoms with Crippen LogP contribution in [-0.4, -0.2) is 17.9 Å². The van der Waals surface area contributed by atoms with Gasteiger partial charge < -0.3 is 10.1 Å². The molecule has 0 fully saturated rings. The van der Waals surface area contributed by atoms with Crippen molar-refractivity contribution in [3.63, 3.8) is 0 Å². The molecule has 4 nitrogen and oxygen atoms in total. The van der Waals surface area contributed by atoms with Crippen LogP contribution in [0.15, 0.2) is 47.6 Å². The fourth-order valence-corrected chi connectivity index (χ4v) is 2.34. The van der Waals surface area contributed by atoms with E-state index in [0.717, 1.165) is 0 Å². The van der Waals surface area contributed by atoms with E-state index in [9.17, 15) is 26.3 Å². The van der Waals surface area contributed by atoms with Crippen molar-refractivity contribution in [2.75, 3.05) is 11.9 Å². The Bertz CT molecular complexity index is 846. The van der Waals surface area contributed by atoms with Crippen molar-refractivity contribution in [2.45, 2.75) is 19.3 Å². The lowest BCUT2D eigenvalue weighted by Gasteiger charge is -2.15. The van der Waals surface area contributed by atoms with Crippen molar-refractivity contribution in [1.82, 2.24) is 5.43 Å². The Hall–Kier alpha value is -2.82. The van der Waals surface area contributed by atoms with Crippen molar-refractivity contribution in [1.29, 1.82) is 0 Å². The van der Waals surface area contributed by atoms with E-state index in [-0.39, 0.29) is 11.2 Å². The highest BCUT2D eigenvalue weighted by molar-refractivity contribution is 7.80. The number of hydrogen-bond acceptors (Lipinski definition) is 3. The number of ether oxygens (including phenoxy) is 1. The largest absolute Gasteiger partial charge is 0.494 e. The highest BCUT2D eigenvalue weighted by Crippen LogP contribution is 2.37. The van der Waals surface area contributed by atoms with E-state index in [0.29, 0.717) is 30.1 Å². The van der Waals surface area contributed by atoms with Crippen molar-refractivity contribution >= 4 is 29.2 Å². The van der Waals surface area contributed by atoms with Gasteiger partial charge in [0.1, 0.15) is 5.75 Å². The summed E-state index contributed by atoms with van der Waals surface area (Å²) < 4.78 is 82.5. The molecule has 0 aliphatic carbocycles. The van der Waals surface area contributed by atoms with Crippen LogP contribution in [0.5, 0.6) is 5.75 Å². The maximum Gasteiger partial charge on any atom is 0.416 e. The monoisotopic (exact) mass is 435 g/mol. The minimum absolute atomic E-state index is 0.0335. The highest BCUT2D eigenvalue weighted by atomic mass is 32.1. The second-order valence-electron chi connectivity index (χ2n) is 5.62. The number of nitrogens with zero attached hydrogens (tertiary/aromatic N) is 1. The number of nitrogens with one attached hydrogen (secondary N) is 2. The molecule has 0 heterocycles. The lowest BCUT2D eigenvalue weighted by Crippen LogP contribution is -2.24. The molecule has 0 aliphatic heterocycles. The van der Waals surface area contributed by atoms with Crippen LogP contribution in [0.25, 0.3) is 0 Å². The minimum atomic E-state index is -4.95. The second kappa shape index (κ2) is 9.12. The molecule has 0 spiro atoms. The predicted molar refractivity (Wildman–Crippen MR) is 101 cm³/mol. The third kappa shape index (κ3) is 6.93. The summed E-state index contributed by atoms with van der Waals surface area (Å²) in [5.74, 6) is 0.666. The molecule has 2 aromatic carbocycles. The maximum atomic E-state index is 12.9. The number of benzene rings is 2. The molecule has 2 aromatic rings. The first kappa shape index (κ1) is 22.5. The van der Waals surface area contributed by atoms with E-state index >= 15 is 0 Å². The number of rotatable bonds is 5. The van der Waals surface area contributed by atoms with Gasteiger partial charge in [-0.3, -0.25) is 5.43 Å². The van der Waals surface area contributed by atoms with E-state index in [2.05, 4.69) is 15.8 Å². The molecule has 0 saturated heterocycles. The topological polar surface area (TPSA) is 45.6 Å². The number of anilines is 1. The van der Waals surface area contributed by atoms with Gasteiger partial charge in [0, 0.05) is 5.69 Å². The van der Waals surface area contributed by atoms with Crippen LogP contribution >= 0.6 is 12.2 Å². The predicted octanol–water partition coefficient (Wildman–Crippen LogP) is 5.44. The summed E-state index contributed by atoms with van der Waals surface area (Å²) in [7, 11) is 0. The van der Waals surface area contributed by atoms with Gasteiger partial charge in [-0.05, 0) is 67.2 Å². The molecule has 0 radical (unpaired) electrons. The average Bonchev–Trinajstić information content (AvgIpc) is 2.61. The molecule has 0 aliphatic rings. The first-order valence-electron chi connectivity index (χ1n) is 8.11. The van der Waals surface area contributed by atoms with Gasteiger partial charge in [0.05, 0.1) is 23.9 Å². The number of thiocarbonyl (C=S) groups is 1. The Morgan fingerprint density at radius 3 is 2.03 bits per heavy atom. The van der Waals surface area contributed by atoms with Crippen molar-refractivity contribution in [3.8, 4) is 5.75 Å². The fraction of sp³-hybridized carbons (Fsp3) is 0.222. The maximum absolute atomic E-state index is 12.9. The summed E-state index contributed by atoms with van der Waals surface area (Å²) in [6.45, 7) is 2.36. The van der Waals surface area contributed by atoms with Crippen LogP contribution in [0.2, 0.25) is 0 Å². The lowest BCUT2D eigenvalue weighted by atomic mass is 10.1. The summed E-state index contributed by atoms with van der Waals surface area (Å²) in [6, 6.07) is 7.92. The van der Waals surface area contributed by atoms with E-state index < -0.39 is 29.2 Å². The molecule has 0 aromatic heterocycles. The van der Waals surface area contributed by atoms with Crippen molar-refractivity contribution < 1.29 is 31.1 Å². The molecule has 2 rings (SSSR count). The number of hydrogen-bond donors (Lipinski definition) is 2. The zero-order valence-electron chi connectivity index (χ0n) is 14.9. The molecular weight excluding hydrogens is 420 g/mol. The quantitative estimate of drug-likeness (QED) is 0.284. The van der Waals surface area contributed by atoms with Crippen LogP contribution in [0, 0.1) is 0 Å². The lowest BCUT2D eigenvalue weighted by molar-refractivity contribution is -0.143. The average molecular weight is 435 g/mol. The Kier molecular flexibility index (Phi) is 7.07. The normalized spacial score (nSPS) is 12.1. The summed E-state index contributed by atoms with van der Waals surface area (Å²) in [5, 5.41) is 5.78. The highest BCUT2D eigenvalue weighted by Gasteiger charge is 2.37. The van der Waals surface area contributed by atoms with Crippen LogP contribution in [0.3, 0.4) is 0 Å². The summed E-state index contributed by atoms with van der Waals surface area (Å²) in [5.41, 5.74) is -0.368. The summed E-state index contributed by atoms with van der Waals surface area (Å²) in [6.07, 6.45) is -8.52. The number of hydrazone groups is 1. The summed E-state index contributed by atoms with van der Waals surface area (Å²) >= 11 is 4.86. The van der Waals surface area contributed by atoms with Gasteiger partial charge in [-0.2, -0.15) is 31.4 Å². The Labute approximate surface area is 167 Å². The number of halogens is 6. The van der Waals surface area contributed by atoms with Crippen LogP contribution in [-0.2, 0) is 12.4 Å². The Morgan fingerprint density at radius 2 is 1.55 bits per heavy atom. The Balaban J connectivity index is 2.07. The number of alkyl halides is 6. The van der Waals surface area contributed by atoms with E-state index in [4.69, 9.17) is 17.0 Å². The third-order valence-corrected chi connectivity index (χ3v) is 3.61. The van der Waals surface area contributed by atoms with Crippen molar-refractivity contribution in [2.24, 2.45) is 5.10 Å². The molecule has 156 valence electrons. The molecule has 0 atom stereocenters. The van der Waals surface area contributed by atoms with Gasteiger partial charge >= 0.3 is 12.4 Å². The molecule has 0 bridgehead atoms. The first-order chi connectivity index (χ1) is 13.5. The molecule has 0 amide bonds. The SMILES string of the molecule is CCOc1ccc(/C=N/NC(=S)Nc2cc(C(F)(F)F)cc(C(F)(F)F)c2)cc1. The van der Waals surface area contributed by atoms with Crippen LogP contribution < -0.4 is 15.5 Å². The van der Waals surface area contributed by atoms with E-state index in [1.54, 1.807) is 24.3 Å². The standard InChI is InChI=1S/C18H15F6N3OS/c1-2-28-15-5-3-11(4-6-15)10-25-27-16(29)26-14-8-12(17(19,20)21)7-13(9-14)18(22,23)24/h3-10H,2H2,1H3,(H2,26,27,29)/b25-10+. The molecule has 29 heavy (non-hydrogen) atoms. The minimum Gasteiger partial charge on any atom is -0.494 e. The van der Waals surface area contributed by atoms with Gasteiger partial charge in [-0.1, -0.05) is 0 Å². The zero-order chi connectivity index (χ0) is 21.7. The Morgan fingerprint density at radius 1 is 1.00 bits per heavy atom. The van der Waals surface area contributed by atoms with E-state index in [1.165, 1.54) is 6.21 Å². The second-order valence-corrected chi connectivity index (χ2v) is 6.03. The molecule has 0 unspecified atom stereocenters. The molecule has 11 heteroatoms. The first-order valence-corrected chi connectivity index (χ1v) is 8.52. The van der Waals surface area contributed by atoms with Crippen molar-refractivity contribution in [3.05, 3.63) is 59.2 Å². The fourth-order valence-electron chi connectivity index (χ4n) is 2.17. The molecular formula is C18H15F6N3OS. The molecule has 2 N–H and O–H groups in total. The smallest absolute Gasteiger partial charge is 0.416 e. The van der Waals surface area contributed by atoms with Gasteiger partial charge in [0.15, 0.2) is 5.11 Å². The zero-order valence-corrected chi connectivity index (χ0v) is 15.7. The van der Waals surface area contributed by atoms with Gasteiger partial charge in [-0.15, -0.1) is 0 Å². The third-order valence-electron chi connectivity index (χ3n) is 3.42. The summed E-state index contributed by atoms with van der Waals surface area (Å²) in [4.78, 5) is 0. The molecule has 0 saturated carbocycles. The van der Waals surface area contributed by atoms with E-state index in [1.807, 2.05) is 6.92 Å². The van der Waals surface area contributed by atoms with Crippen LogP contribution in [0.4, 0.5) is 32.0 Å². The van der Waals surface area contributed by atoms with Crippen LogP contribution in [0.1, 0.15) is 23.6 Å². The van der Waals surface area contributed by atoms with Gasteiger partial charge in [-0.25, -0.2) is 0 Å². The van der Waals surface area contributed by atoms with Gasteiger partial charge in [0.25, 0.3) is 0 Å². The van der Waals surface area contributed by atoms with Gasteiger partial charge in [0.2, 0.25) is 0 Å².